The van der Waals surface area contributed by atoms with E-state index in [1.165, 1.54) is 5.56 Å². The second kappa shape index (κ2) is 6.83. The number of nitrogens with one attached hydrogen (secondary N) is 4. The molecule has 2 aliphatic heterocycles. The van der Waals surface area contributed by atoms with E-state index >= 15 is 0 Å². The van der Waals surface area contributed by atoms with Gasteiger partial charge in [0.15, 0.2) is 10.9 Å². The molecule has 0 fully saturated rings. The Bertz CT molecular complexity index is 1330. The molecule has 0 bridgehead atoms. The Labute approximate surface area is 180 Å². The first kappa shape index (κ1) is 17.9. The molecule has 0 radical (unpaired) electrons. The van der Waals surface area contributed by atoms with Gasteiger partial charge in [-0.2, -0.15) is 5.10 Å². The lowest BCUT2D eigenvalue weighted by Crippen LogP contribution is -2.39. The molecule has 1 atom stereocenters. The molecule has 1 unspecified atom stereocenters. The highest BCUT2D eigenvalue weighted by atomic mass is 32.2. The van der Waals surface area contributed by atoms with Gasteiger partial charge in [-0.3, -0.25) is 9.89 Å². The fourth-order valence-electron chi connectivity index (χ4n) is 4.11. The molecule has 4 N–H and O–H groups in total. The molecule has 0 amide bonds. The van der Waals surface area contributed by atoms with Crippen LogP contribution in [0.25, 0.3) is 11.0 Å². The second-order valence-electron chi connectivity index (χ2n) is 7.50. The summed E-state index contributed by atoms with van der Waals surface area (Å²) in [6.45, 7) is 3.10. The number of aromatic amines is 2. The van der Waals surface area contributed by atoms with Crippen molar-refractivity contribution in [3.63, 3.8) is 0 Å². The SMILES string of the molecule is Cc1ccc2nc(Sc3ccc(C4C5=C(CNCC5=O)Nc5[nH]ncc54)s3)[nH]c2c1. The monoisotopic (exact) mass is 434 g/mol. The Hall–Kier alpha value is -2.88. The first-order chi connectivity index (χ1) is 14.7. The highest BCUT2D eigenvalue weighted by Crippen LogP contribution is 2.45. The van der Waals surface area contributed by atoms with E-state index < -0.39 is 0 Å². The van der Waals surface area contributed by atoms with E-state index in [1.54, 1.807) is 23.1 Å². The topological polar surface area (TPSA) is 98.5 Å². The number of Topliss-reactive ketones (excluding diaryl/α,β-unsaturated/α-hetero) is 1. The molecule has 5 heterocycles. The molecule has 1 aromatic carbocycles. The minimum absolute atomic E-state index is 0.0951. The summed E-state index contributed by atoms with van der Waals surface area (Å²) in [6.07, 6.45) is 1.82. The standard InChI is InChI=1S/C21H18N6OS2/c1-10-2-3-12-13(6-10)26-21(25-12)30-17-5-4-16(29-17)18-11-7-23-27-20(11)24-14-8-22-9-15(28)19(14)18/h2-7,18,22H,8-9H2,1H3,(H,25,26)(H2,23,24,27). The number of imidazole rings is 1. The molecule has 0 spiro atoms. The first-order valence-corrected chi connectivity index (χ1v) is 11.3. The summed E-state index contributed by atoms with van der Waals surface area (Å²) in [5.41, 5.74) is 6.02. The third-order valence-corrected chi connectivity index (χ3v) is 7.63. The molecule has 0 saturated heterocycles. The van der Waals surface area contributed by atoms with Crippen molar-refractivity contribution in [3.05, 3.63) is 63.8 Å². The highest BCUT2D eigenvalue weighted by Gasteiger charge is 2.36. The van der Waals surface area contributed by atoms with Gasteiger partial charge in [0.25, 0.3) is 0 Å². The van der Waals surface area contributed by atoms with E-state index in [0.29, 0.717) is 13.1 Å². The van der Waals surface area contributed by atoms with E-state index in [4.69, 9.17) is 4.98 Å². The lowest BCUT2D eigenvalue weighted by Gasteiger charge is -2.31. The molecule has 7 nitrogen and oxygen atoms in total. The van der Waals surface area contributed by atoms with Crippen LogP contribution in [0.3, 0.4) is 0 Å². The van der Waals surface area contributed by atoms with Gasteiger partial charge in [0, 0.05) is 28.3 Å². The van der Waals surface area contributed by atoms with E-state index in [1.807, 2.05) is 12.3 Å². The van der Waals surface area contributed by atoms with Crippen LogP contribution in [-0.4, -0.2) is 39.0 Å². The number of rotatable bonds is 3. The maximum absolute atomic E-state index is 12.8. The third-order valence-electron chi connectivity index (χ3n) is 5.46. The summed E-state index contributed by atoms with van der Waals surface area (Å²) in [4.78, 5) is 22.0. The lowest BCUT2D eigenvalue weighted by molar-refractivity contribution is -0.115. The van der Waals surface area contributed by atoms with Gasteiger partial charge < -0.3 is 15.6 Å². The Balaban J connectivity index is 1.36. The summed E-state index contributed by atoms with van der Waals surface area (Å²) in [5.74, 6) is 0.906. The maximum Gasteiger partial charge on any atom is 0.175 e. The molecule has 3 aromatic heterocycles. The third kappa shape index (κ3) is 2.89. The predicted octanol–water partition coefficient (Wildman–Crippen LogP) is 3.79. The normalized spacial score (nSPS) is 18.4. The van der Waals surface area contributed by atoms with Crippen molar-refractivity contribution in [1.82, 2.24) is 25.5 Å². The van der Waals surface area contributed by atoms with Crippen LogP contribution in [0.5, 0.6) is 0 Å². The number of nitrogens with zero attached hydrogens (tertiary/aromatic N) is 2. The number of hydrogen-bond donors (Lipinski definition) is 4. The molecule has 0 saturated carbocycles. The van der Waals surface area contributed by atoms with E-state index in [-0.39, 0.29) is 11.7 Å². The molecule has 9 heteroatoms. The lowest BCUT2D eigenvalue weighted by atomic mass is 9.83. The number of carbonyl (C=O) groups is 1. The molecular weight excluding hydrogens is 416 g/mol. The van der Waals surface area contributed by atoms with Crippen LogP contribution in [0.4, 0.5) is 5.82 Å². The van der Waals surface area contributed by atoms with Crippen LogP contribution in [0.1, 0.15) is 21.9 Å². The number of carbonyl (C=O) groups excluding carboxylic acids is 1. The summed E-state index contributed by atoms with van der Waals surface area (Å²) in [7, 11) is 0. The van der Waals surface area contributed by atoms with Crippen molar-refractivity contribution in [2.75, 3.05) is 18.4 Å². The highest BCUT2D eigenvalue weighted by molar-refractivity contribution is 8.01. The first-order valence-electron chi connectivity index (χ1n) is 9.67. The van der Waals surface area contributed by atoms with Crippen LogP contribution in [0, 0.1) is 6.92 Å². The number of anilines is 1. The summed E-state index contributed by atoms with van der Waals surface area (Å²) in [6, 6.07) is 10.4. The van der Waals surface area contributed by atoms with Gasteiger partial charge >= 0.3 is 0 Å². The zero-order valence-electron chi connectivity index (χ0n) is 16.1. The zero-order valence-corrected chi connectivity index (χ0v) is 17.7. The number of aromatic nitrogens is 4. The molecule has 6 rings (SSSR count). The van der Waals surface area contributed by atoms with Gasteiger partial charge in [0.1, 0.15) is 5.82 Å². The molecule has 0 aliphatic carbocycles. The van der Waals surface area contributed by atoms with Crippen molar-refractivity contribution < 1.29 is 4.79 Å². The van der Waals surface area contributed by atoms with Crippen molar-refractivity contribution >= 4 is 45.7 Å². The smallest absolute Gasteiger partial charge is 0.175 e. The summed E-state index contributed by atoms with van der Waals surface area (Å²) >= 11 is 3.32. The largest absolute Gasteiger partial charge is 0.342 e. The maximum atomic E-state index is 12.8. The second-order valence-corrected chi connectivity index (χ2v) is 9.90. The Morgan fingerprint density at radius 3 is 3.07 bits per heavy atom. The van der Waals surface area contributed by atoms with Crippen LogP contribution < -0.4 is 10.6 Å². The minimum atomic E-state index is -0.0951. The van der Waals surface area contributed by atoms with Crippen LogP contribution in [0.2, 0.25) is 0 Å². The fraction of sp³-hybridized carbons (Fsp3) is 0.190. The number of ketones is 1. The Morgan fingerprint density at radius 1 is 1.20 bits per heavy atom. The van der Waals surface area contributed by atoms with Crippen LogP contribution >= 0.6 is 23.1 Å². The molecule has 150 valence electrons. The molecule has 4 aromatic rings. The molecular formula is C21H18N6OS2. The average molecular weight is 435 g/mol. The van der Waals surface area contributed by atoms with Crippen LogP contribution in [0.15, 0.2) is 57.2 Å². The molecule has 30 heavy (non-hydrogen) atoms. The van der Waals surface area contributed by atoms with E-state index in [0.717, 1.165) is 47.9 Å². The number of H-pyrrole nitrogens is 2. The van der Waals surface area contributed by atoms with E-state index in [9.17, 15) is 4.79 Å². The average Bonchev–Trinajstić information content (AvgIpc) is 3.45. The van der Waals surface area contributed by atoms with Gasteiger partial charge in [-0.25, -0.2) is 4.98 Å². The van der Waals surface area contributed by atoms with Crippen molar-refractivity contribution in [2.45, 2.75) is 22.2 Å². The number of aryl methyl sites for hydroxylation is 1. The Morgan fingerprint density at radius 2 is 2.13 bits per heavy atom. The minimum Gasteiger partial charge on any atom is -0.342 e. The number of fused-ring (bicyclic) bond motifs is 2. The predicted molar refractivity (Wildman–Crippen MR) is 118 cm³/mol. The number of hydrogen-bond acceptors (Lipinski definition) is 7. The van der Waals surface area contributed by atoms with Gasteiger partial charge in [0.05, 0.1) is 33.9 Å². The van der Waals surface area contributed by atoms with Crippen molar-refractivity contribution in [1.29, 1.82) is 0 Å². The van der Waals surface area contributed by atoms with Crippen molar-refractivity contribution in [3.8, 4) is 0 Å². The summed E-state index contributed by atoms with van der Waals surface area (Å²) < 4.78 is 1.13. The summed E-state index contributed by atoms with van der Waals surface area (Å²) in [5, 5.41) is 14.6. The number of thiophene rings is 1. The fourth-order valence-corrected chi connectivity index (χ4v) is 6.30. The molecule has 2 aliphatic rings. The van der Waals surface area contributed by atoms with Gasteiger partial charge in [-0.1, -0.05) is 6.07 Å². The van der Waals surface area contributed by atoms with E-state index in [2.05, 4.69) is 57.0 Å². The quantitative estimate of drug-likeness (QED) is 0.392. The van der Waals surface area contributed by atoms with Crippen LogP contribution in [-0.2, 0) is 4.79 Å². The van der Waals surface area contributed by atoms with Crippen molar-refractivity contribution in [2.24, 2.45) is 0 Å². The van der Waals surface area contributed by atoms with Gasteiger partial charge in [-0.15, -0.1) is 11.3 Å². The van der Waals surface area contributed by atoms with Gasteiger partial charge in [-0.05, 0) is 48.5 Å². The Kier molecular flexibility index (Phi) is 4.08. The van der Waals surface area contributed by atoms with Gasteiger partial charge in [0.2, 0.25) is 0 Å². The zero-order chi connectivity index (χ0) is 20.2. The number of benzene rings is 1.